The van der Waals surface area contributed by atoms with Crippen molar-refractivity contribution in [1.82, 2.24) is 0 Å². The van der Waals surface area contributed by atoms with Gasteiger partial charge in [-0.25, -0.2) is 0 Å². The fourth-order valence-corrected chi connectivity index (χ4v) is 10.8. The average molecular weight is 471 g/mol. The predicted molar refractivity (Wildman–Crippen MR) is 137 cm³/mol. The third-order valence-corrected chi connectivity index (χ3v) is 13.2. The van der Waals surface area contributed by atoms with Gasteiger partial charge in [0.25, 0.3) is 0 Å². The molecule has 8 atom stereocenters. The van der Waals surface area contributed by atoms with E-state index >= 15 is 0 Å². The fourth-order valence-electron chi connectivity index (χ4n) is 10.8. The molecule has 5 aliphatic rings. The number of methoxy groups -OCH3 is 1. The zero-order valence-electron chi connectivity index (χ0n) is 23.2. The third kappa shape index (κ3) is 2.94. The van der Waals surface area contributed by atoms with Crippen molar-refractivity contribution in [2.45, 2.75) is 119 Å². The van der Waals surface area contributed by atoms with Crippen LogP contribution >= 0.6 is 0 Å². The molecule has 0 amide bonds. The molecule has 0 saturated heterocycles. The number of hydrogen-bond acceptors (Lipinski definition) is 3. The highest BCUT2D eigenvalue weighted by Gasteiger charge is 2.69. The number of fused-ring (bicyclic) bond motifs is 7. The quantitative estimate of drug-likeness (QED) is 0.322. The maximum atomic E-state index is 13.3. The van der Waals surface area contributed by atoms with Gasteiger partial charge in [0.05, 0.1) is 18.6 Å². The maximum Gasteiger partial charge on any atom is 0.312 e. The first-order valence-corrected chi connectivity index (χ1v) is 14.2. The Hall–Kier alpha value is -0.830. The van der Waals surface area contributed by atoms with Gasteiger partial charge in [-0.05, 0) is 109 Å². The van der Waals surface area contributed by atoms with Crippen molar-refractivity contribution in [2.75, 3.05) is 7.11 Å². The van der Waals surface area contributed by atoms with E-state index in [0.717, 1.165) is 51.4 Å². The molecule has 4 saturated carbocycles. The molecule has 0 aromatic heterocycles. The van der Waals surface area contributed by atoms with Gasteiger partial charge in [0.2, 0.25) is 0 Å². The molecule has 1 N–H and O–H groups in total. The van der Waals surface area contributed by atoms with Crippen LogP contribution in [0, 0.1) is 50.2 Å². The van der Waals surface area contributed by atoms with Crippen LogP contribution in [-0.2, 0) is 9.53 Å². The zero-order valence-corrected chi connectivity index (χ0v) is 23.2. The molecule has 0 aromatic carbocycles. The highest BCUT2D eigenvalue weighted by molar-refractivity contribution is 5.78. The van der Waals surface area contributed by atoms with Gasteiger partial charge in [0.1, 0.15) is 0 Å². The summed E-state index contributed by atoms with van der Waals surface area (Å²) < 4.78 is 5.49. The molecule has 3 nitrogen and oxygen atoms in total. The number of rotatable bonds is 1. The van der Waals surface area contributed by atoms with E-state index < -0.39 is 0 Å². The number of carbonyl (C=O) groups excluding carboxylic acids is 1. The second kappa shape index (κ2) is 7.36. The first kappa shape index (κ1) is 24.8. The molecule has 0 aromatic rings. The number of ether oxygens (including phenoxy) is 1. The van der Waals surface area contributed by atoms with Crippen LogP contribution in [-0.4, -0.2) is 24.3 Å². The lowest BCUT2D eigenvalue weighted by atomic mass is 9.33. The Labute approximate surface area is 208 Å². The second-order valence-corrected chi connectivity index (χ2v) is 15.2. The molecule has 0 aliphatic heterocycles. The van der Waals surface area contributed by atoms with E-state index in [1.807, 2.05) is 0 Å². The van der Waals surface area contributed by atoms with E-state index in [1.165, 1.54) is 12.8 Å². The fraction of sp³-hybridized carbons (Fsp3) is 0.903. The molecule has 0 unspecified atom stereocenters. The number of aliphatic hydroxyl groups excluding tert-OH is 1. The lowest BCUT2D eigenvalue weighted by molar-refractivity contribution is -0.206. The van der Waals surface area contributed by atoms with Crippen molar-refractivity contribution in [3.63, 3.8) is 0 Å². The van der Waals surface area contributed by atoms with Crippen LogP contribution in [0.15, 0.2) is 11.6 Å². The monoisotopic (exact) mass is 470 g/mol. The first-order chi connectivity index (χ1) is 15.7. The zero-order chi connectivity index (χ0) is 24.9. The Morgan fingerprint density at radius 3 is 2.26 bits per heavy atom. The molecule has 192 valence electrons. The highest BCUT2D eigenvalue weighted by Crippen LogP contribution is 2.75. The van der Waals surface area contributed by atoms with Crippen LogP contribution in [0.2, 0.25) is 0 Å². The minimum atomic E-state index is -0.323. The van der Waals surface area contributed by atoms with Crippen molar-refractivity contribution in [3.8, 4) is 0 Å². The molecule has 0 heterocycles. The summed E-state index contributed by atoms with van der Waals surface area (Å²) in [5.41, 5.74) is 2.18. The Morgan fingerprint density at radius 2 is 1.59 bits per heavy atom. The molecule has 0 spiro atoms. The summed E-state index contributed by atoms with van der Waals surface area (Å²) in [5, 5.41) is 10.9. The highest BCUT2D eigenvalue weighted by atomic mass is 16.5. The SMILES string of the molecule is COC(=O)[C@]12CCC(C)(C)C[C@@H]1C1=CC[C@@H]3[C@]4(C)CC[C@H](O)C(C)(C)[C@H]4CC[C@]3(C)[C@]1(C)CC2. The van der Waals surface area contributed by atoms with E-state index in [9.17, 15) is 9.90 Å². The molecule has 4 fully saturated rings. The number of aliphatic hydroxyl groups is 1. The number of esters is 1. The van der Waals surface area contributed by atoms with E-state index in [0.29, 0.717) is 17.8 Å². The molecule has 3 heteroatoms. The van der Waals surface area contributed by atoms with Gasteiger partial charge in [0, 0.05) is 0 Å². The molecule has 0 bridgehead atoms. The summed E-state index contributed by atoms with van der Waals surface area (Å²) in [4.78, 5) is 13.3. The summed E-state index contributed by atoms with van der Waals surface area (Å²) in [6.07, 6.45) is 13.4. The lowest BCUT2D eigenvalue weighted by Gasteiger charge is -2.71. The first-order valence-electron chi connectivity index (χ1n) is 14.2. The standard InChI is InChI=1S/C31H50O3/c1-26(2)15-17-31(25(33)34-8)18-16-29(6)20(21(31)19-26)9-10-23-28(5)13-12-24(32)27(3,4)22(28)11-14-30(23,29)7/h9,21-24,32H,10-19H2,1-8H3/t21-,22-,23-,24+,28-,29-,30+,31+/m1/s1. The summed E-state index contributed by atoms with van der Waals surface area (Å²) in [6.45, 7) is 17.2. The van der Waals surface area contributed by atoms with Crippen molar-refractivity contribution in [2.24, 2.45) is 50.2 Å². The average Bonchev–Trinajstić information content (AvgIpc) is 2.76. The van der Waals surface area contributed by atoms with E-state index in [2.05, 4.69) is 54.5 Å². The Morgan fingerprint density at radius 1 is 0.912 bits per heavy atom. The van der Waals surface area contributed by atoms with E-state index in [4.69, 9.17) is 4.74 Å². The molecular formula is C31H50O3. The summed E-state index contributed by atoms with van der Waals surface area (Å²) in [6, 6.07) is 0. The molecular weight excluding hydrogens is 420 g/mol. The summed E-state index contributed by atoms with van der Waals surface area (Å²) in [5.74, 6) is 1.57. The number of allylic oxidation sites excluding steroid dienone is 2. The van der Waals surface area contributed by atoms with Gasteiger partial charge in [0.15, 0.2) is 0 Å². The van der Waals surface area contributed by atoms with Gasteiger partial charge in [-0.2, -0.15) is 0 Å². The summed E-state index contributed by atoms with van der Waals surface area (Å²) >= 11 is 0. The minimum Gasteiger partial charge on any atom is -0.469 e. The van der Waals surface area contributed by atoms with Gasteiger partial charge < -0.3 is 9.84 Å². The second-order valence-electron chi connectivity index (χ2n) is 15.2. The van der Waals surface area contributed by atoms with Crippen LogP contribution in [0.25, 0.3) is 0 Å². The van der Waals surface area contributed by atoms with E-state index in [-0.39, 0.29) is 44.6 Å². The van der Waals surface area contributed by atoms with Crippen LogP contribution in [0.5, 0.6) is 0 Å². The third-order valence-electron chi connectivity index (χ3n) is 13.2. The lowest BCUT2D eigenvalue weighted by Crippen LogP contribution is -2.65. The van der Waals surface area contributed by atoms with Crippen molar-refractivity contribution in [1.29, 1.82) is 0 Å². The van der Waals surface area contributed by atoms with Crippen LogP contribution < -0.4 is 0 Å². The van der Waals surface area contributed by atoms with Crippen LogP contribution in [0.1, 0.15) is 113 Å². The van der Waals surface area contributed by atoms with Crippen LogP contribution in [0.3, 0.4) is 0 Å². The van der Waals surface area contributed by atoms with Gasteiger partial charge in [-0.1, -0.05) is 60.1 Å². The Balaban J connectivity index is 1.60. The van der Waals surface area contributed by atoms with E-state index in [1.54, 1.807) is 12.7 Å². The number of carbonyl (C=O) groups is 1. The van der Waals surface area contributed by atoms with Crippen molar-refractivity contribution >= 4 is 5.97 Å². The van der Waals surface area contributed by atoms with Crippen molar-refractivity contribution < 1.29 is 14.6 Å². The van der Waals surface area contributed by atoms with Crippen LogP contribution in [0.4, 0.5) is 0 Å². The topological polar surface area (TPSA) is 46.5 Å². The smallest absolute Gasteiger partial charge is 0.312 e. The van der Waals surface area contributed by atoms with Crippen molar-refractivity contribution in [3.05, 3.63) is 11.6 Å². The van der Waals surface area contributed by atoms with Gasteiger partial charge >= 0.3 is 5.97 Å². The molecule has 0 radical (unpaired) electrons. The molecule has 5 aliphatic carbocycles. The summed E-state index contributed by atoms with van der Waals surface area (Å²) in [7, 11) is 1.59. The Kier molecular flexibility index (Phi) is 5.38. The Bertz CT molecular complexity index is 900. The minimum absolute atomic E-state index is 0.0147. The predicted octanol–water partition coefficient (Wildman–Crippen LogP) is 7.32. The van der Waals surface area contributed by atoms with Gasteiger partial charge in [-0.3, -0.25) is 4.79 Å². The van der Waals surface area contributed by atoms with Gasteiger partial charge in [-0.15, -0.1) is 0 Å². The normalized spacial score (nSPS) is 51.1. The number of hydrogen-bond donors (Lipinski definition) is 1. The maximum absolute atomic E-state index is 13.3. The molecule has 34 heavy (non-hydrogen) atoms. The largest absolute Gasteiger partial charge is 0.469 e. The molecule has 5 rings (SSSR count).